The molecule has 1 aliphatic heterocycles. The Hall–Kier alpha value is -1.92. The van der Waals surface area contributed by atoms with Gasteiger partial charge in [-0.15, -0.1) is 0 Å². The first-order valence-electron chi connectivity index (χ1n) is 7.86. The van der Waals surface area contributed by atoms with Gasteiger partial charge < -0.3 is 4.90 Å². The zero-order chi connectivity index (χ0) is 18.0. The molecule has 1 saturated heterocycles. The maximum Gasteiger partial charge on any atom is 0.254 e. The van der Waals surface area contributed by atoms with Crippen LogP contribution in [0.5, 0.6) is 0 Å². The molecule has 0 saturated carbocycles. The lowest BCUT2D eigenvalue weighted by Crippen LogP contribution is -2.40. The maximum atomic E-state index is 14.0. The van der Waals surface area contributed by atoms with Crippen molar-refractivity contribution in [1.82, 2.24) is 4.90 Å². The minimum Gasteiger partial charge on any atom is -0.330 e. The molecule has 132 valence electrons. The average molecular weight is 382 g/mol. The van der Waals surface area contributed by atoms with E-state index in [0.717, 1.165) is 0 Å². The van der Waals surface area contributed by atoms with E-state index in [4.69, 9.17) is 11.6 Å². The lowest BCUT2D eigenvalue weighted by atomic mass is 10.1. The summed E-state index contributed by atoms with van der Waals surface area (Å²) in [6.07, 6.45) is 0.350. The van der Waals surface area contributed by atoms with Crippen molar-refractivity contribution in [2.45, 2.75) is 19.0 Å². The Kier molecular flexibility index (Phi) is 5.11. The molecule has 3 rings (SSSR count). The highest BCUT2D eigenvalue weighted by molar-refractivity contribution is 7.91. The van der Waals surface area contributed by atoms with Crippen LogP contribution in [0.2, 0.25) is 5.02 Å². The van der Waals surface area contributed by atoms with Crippen LogP contribution in [0.15, 0.2) is 48.5 Å². The number of benzene rings is 2. The number of nitrogens with zero attached hydrogens (tertiary/aromatic N) is 1. The normalized spacial score (nSPS) is 18.9. The minimum absolute atomic E-state index is 0.0121. The standard InChI is InChI=1S/C18H17ClFNO3S/c19-15-6-3-5-13(10-15)18(22)21(16-8-9-25(23,24)12-16)11-14-4-1-2-7-17(14)20/h1-7,10,16H,8-9,11-12H2/t16-/m0/s1. The third-order valence-corrected chi connectivity index (χ3v) is 6.27. The van der Waals surface area contributed by atoms with Gasteiger partial charge in [-0.05, 0) is 30.7 Å². The molecule has 1 amide bonds. The molecule has 25 heavy (non-hydrogen) atoms. The third-order valence-electron chi connectivity index (χ3n) is 4.28. The molecule has 1 fully saturated rings. The molecule has 0 aliphatic carbocycles. The highest BCUT2D eigenvalue weighted by Gasteiger charge is 2.35. The number of amides is 1. The first-order chi connectivity index (χ1) is 11.9. The van der Waals surface area contributed by atoms with E-state index in [1.54, 1.807) is 36.4 Å². The zero-order valence-electron chi connectivity index (χ0n) is 13.4. The summed E-state index contributed by atoms with van der Waals surface area (Å²) in [5.41, 5.74) is 0.704. The zero-order valence-corrected chi connectivity index (χ0v) is 14.9. The van der Waals surface area contributed by atoms with E-state index < -0.39 is 21.7 Å². The summed E-state index contributed by atoms with van der Waals surface area (Å²) >= 11 is 5.96. The van der Waals surface area contributed by atoms with Crippen LogP contribution in [0, 0.1) is 5.82 Å². The van der Waals surface area contributed by atoms with Crippen molar-refractivity contribution in [1.29, 1.82) is 0 Å². The van der Waals surface area contributed by atoms with E-state index in [0.29, 0.717) is 22.6 Å². The van der Waals surface area contributed by atoms with Crippen LogP contribution in [-0.4, -0.2) is 36.8 Å². The van der Waals surface area contributed by atoms with Crippen molar-refractivity contribution in [3.8, 4) is 0 Å². The van der Waals surface area contributed by atoms with Crippen LogP contribution in [0.4, 0.5) is 4.39 Å². The second-order valence-electron chi connectivity index (χ2n) is 6.09. The fourth-order valence-electron chi connectivity index (χ4n) is 2.99. The molecular formula is C18H17ClFNO3S. The van der Waals surface area contributed by atoms with Crippen LogP contribution in [0.3, 0.4) is 0 Å². The van der Waals surface area contributed by atoms with E-state index in [1.165, 1.54) is 17.0 Å². The average Bonchev–Trinajstić information content (AvgIpc) is 2.93. The van der Waals surface area contributed by atoms with Gasteiger partial charge in [0.15, 0.2) is 9.84 Å². The Balaban J connectivity index is 1.94. The molecule has 0 bridgehead atoms. The molecule has 4 nitrogen and oxygen atoms in total. The Morgan fingerprint density at radius 1 is 1.20 bits per heavy atom. The van der Waals surface area contributed by atoms with E-state index >= 15 is 0 Å². The van der Waals surface area contributed by atoms with Gasteiger partial charge in [0.05, 0.1) is 11.5 Å². The summed E-state index contributed by atoms with van der Waals surface area (Å²) in [6.45, 7) is 0.0121. The summed E-state index contributed by atoms with van der Waals surface area (Å²) in [7, 11) is -3.18. The predicted molar refractivity (Wildman–Crippen MR) is 94.8 cm³/mol. The Bertz CT molecular complexity index is 901. The quantitative estimate of drug-likeness (QED) is 0.816. The lowest BCUT2D eigenvalue weighted by Gasteiger charge is -2.28. The van der Waals surface area contributed by atoms with Crippen LogP contribution in [0.25, 0.3) is 0 Å². The SMILES string of the molecule is O=C(c1cccc(Cl)c1)N(Cc1ccccc1F)[C@H]1CCS(=O)(=O)C1. The fraction of sp³-hybridized carbons (Fsp3) is 0.278. The number of hydrogen-bond acceptors (Lipinski definition) is 3. The maximum absolute atomic E-state index is 14.0. The molecule has 2 aromatic rings. The highest BCUT2D eigenvalue weighted by Crippen LogP contribution is 2.24. The van der Waals surface area contributed by atoms with Crippen molar-refractivity contribution >= 4 is 27.3 Å². The summed E-state index contributed by atoms with van der Waals surface area (Å²) in [6, 6.07) is 12.2. The van der Waals surface area contributed by atoms with Crippen LogP contribution in [-0.2, 0) is 16.4 Å². The van der Waals surface area contributed by atoms with Crippen molar-refractivity contribution < 1.29 is 17.6 Å². The Morgan fingerprint density at radius 3 is 2.60 bits per heavy atom. The monoisotopic (exact) mass is 381 g/mol. The smallest absolute Gasteiger partial charge is 0.254 e. The molecule has 1 aliphatic rings. The Labute approximate surface area is 151 Å². The number of hydrogen-bond donors (Lipinski definition) is 0. The molecule has 0 radical (unpaired) electrons. The van der Waals surface area contributed by atoms with Crippen molar-refractivity contribution in [2.75, 3.05) is 11.5 Å². The molecule has 1 atom stereocenters. The second kappa shape index (κ2) is 7.14. The van der Waals surface area contributed by atoms with E-state index in [1.807, 2.05) is 0 Å². The number of sulfone groups is 1. The second-order valence-corrected chi connectivity index (χ2v) is 8.76. The molecule has 0 spiro atoms. The molecule has 2 aromatic carbocycles. The van der Waals surface area contributed by atoms with Gasteiger partial charge in [-0.3, -0.25) is 4.79 Å². The van der Waals surface area contributed by atoms with Crippen LogP contribution >= 0.6 is 11.6 Å². The van der Waals surface area contributed by atoms with E-state index in [2.05, 4.69) is 0 Å². The predicted octanol–water partition coefficient (Wildman–Crippen LogP) is 3.31. The summed E-state index contributed by atoms with van der Waals surface area (Å²) in [5, 5.41) is 0.413. The van der Waals surface area contributed by atoms with Gasteiger partial charge in [-0.25, -0.2) is 12.8 Å². The number of carbonyl (C=O) groups excluding carboxylic acids is 1. The first kappa shape index (κ1) is 17.9. The van der Waals surface area contributed by atoms with Gasteiger partial charge in [-0.2, -0.15) is 0 Å². The van der Waals surface area contributed by atoms with Gasteiger partial charge in [0, 0.05) is 28.7 Å². The molecular weight excluding hydrogens is 365 g/mol. The molecule has 0 unspecified atom stereocenters. The number of rotatable bonds is 4. The van der Waals surface area contributed by atoms with E-state index in [9.17, 15) is 17.6 Å². The van der Waals surface area contributed by atoms with Gasteiger partial charge in [-0.1, -0.05) is 35.9 Å². The van der Waals surface area contributed by atoms with Crippen molar-refractivity contribution in [3.63, 3.8) is 0 Å². The van der Waals surface area contributed by atoms with Crippen molar-refractivity contribution in [3.05, 3.63) is 70.5 Å². The van der Waals surface area contributed by atoms with Gasteiger partial charge in [0.1, 0.15) is 5.82 Å². The van der Waals surface area contributed by atoms with Crippen molar-refractivity contribution in [2.24, 2.45) is 0 Å². The lowest BCUT2D eigenvalue weighted by molar-refractivity contribution is 0.0679. The molecule has 7 heteroatoms. The number of halogens is 2. The molecule has 0 aromatic heterocycles. The highest BCUT2D eigenvalue weighted by atomic mass is 35.5. The van der Waals surface area contributed by atoms with Gasteiger partial charge in [0.2, 0.25) is 0 Å². The summed E-state index contributed by atoms with van der Waals surface area (Å²) in [4.78, 5) is 14.4. The third kappa shape index (κ3) is 4.19. The minimum atomic E-state index is -3.18. The van der Waals surface area contributed by atoms with Crippen LogP contribution < -0.4 is 0 Å². The van der Waals surface area contributed by atoms with E-state index in [-0.39, 0.29) is 24.0 Å². The van der Waals surface area contributed by atoms with Gasteiger partial charge >= 0.3 is 0 Å². The van der Waals surface area contributed by atoms with Gasteiger partial charge in [0.25, 0.3) is 5.91 Å². The van der Waals surface area contributed by atoms with Crippen LogP contribution in [0.1, 0.15) is 22.3 Å². The molecule has 0 N–H and O–H groups in total. The topological polar surface area (TPSA) is 54.5 Å². The number of carbonyl (C=O) groups is 1. The summed E-state index contributed by atoms with van der Waals surface area (Å²) in [5.74, 6) is -0.845. The molecule has 1 heterocycles. The Morgan fingerprint density at radius 2 is 1.96 bits per heavy atom. The summed E-state index contributed by atoms with van der Waals surface area (Å²) < 4.78 is 37.7. The largest absolute Gasteiger partial charge is 0.330 e. The first-order valence-corrected chi connectivity index (χ1v) is 10.1. The fourth-order valence-corrected chi connectivity index (χ4v) is 4.91.